The van der Waals surface area contributed by atoms with Crippen molar-refractivity contribution < 1.29 is 14.3 Å². The second kappa shape index (κ2) is 7.69. The van der Waals surface area contributed by atoms with E-state index < -0.39 is 6.04 Å². The molecule has 0 aromatic heterocycles. The van der Waals surface area contributed by atoms with Gasteiger partial charge in [0.2, 0.25) is 11.8 Å². The topological polar surface area (TPSA) is 67.4 Å². The van der Waals surface area contributed by atoms with Crippen LogP contribution in [0.1, 0.15) is 50.5 Å². The molecule has 0 saturated heterocycles. The molecule has 1 aliphatic heterocycles. The van der Waals surface area contributed by atoms with Crippen LogP contribution >= 0.6 is 0 Å². The molecule has 1 saturated carbocycles. The fourth-order valence-electron chi connectivity index (χ4n) is 3.51. The van der Waals surface area contributed by atoms with Gasteiger partial charge in [0.1, 0.15) is 11.8 Å². The number of amides is 2. The molecule has 1 unspecified atom stereocenters. The van der Waals surface area contributed by atoms with Gasteiger partial charge in [-0.15, -0.1) is 0 Å². The van der Waals surface area contributed by atoms with Crippen molar-refractivity contribution in [2.75, 3.05) is 13.2 Å². The van der Waals surface area contributed by atoms with Gasteiger partial charge >= 0.3 is 0 Å². The molecule has 0 radical (unpaired) electrons. The van der Waals surface area contributed by atoms with Crippen LogP contribution in [0.5, 0.6) is 5.75 Å². The molecule has 5 nitrogen and oxygen atoms in total. The van der Waals surface area contributed by atoms with Gasteiger partial charge in [-0.2, -0.15) is 0 Å². The molecule has 2 N–H and O–H groups in total. The minimum atomic E-state index is -0.414. The summed E-state index contributed by atoms with van der Waals surface area (Å²) in [5.41, 5.74) is 1.15. The summed E-state index contributed by atoms with van der Waals surface area (Å²) in [5.74, 6) is 1.53. The molecule has 1 heterocycles. The first kappa shape index (κ1) is 16.8. The van der Waals surface area contributed by atoms with Gasteiger partial charge in [0.15, 0.2) is 0 Å². The predicted molar refractivity (Wildman–Crippen MR) is 91.9 cm³/mol. The number of nitrogens with one attached hydrogen (secondary N) is 2. The van der Waals surface area contributed by atoms with E-state index in [2.05, 4.69) is 16.7 Å². The molecular weight excluding hydrogens is 304 g/mol. The zero-order valence-corrected chi connectivity index (χ0v) is 14.2. The highest BCUT2D eigenvalue weighted by Gasteiger charge is 2.28. The Morgan fingerprint density at radius 3 is 2.75 bits per heavy atom. The van der Waals surface area contributed by atoms with E-state index >= 15 is 0 Å². The summed E-state index contributed by atoms with van der Waals surface area (Å²) in [5, 5.41) is 5.85. The number of hydrogen-bond acceptors (Lipinski definition) is 3. The number of fused-ring (bicyclic) bond motifs is 1. The Morgan fingerprint density at radius 2 is 2.04 bits per heavy atom. The summed E-state index contributed by atoms with van der Waals surface area (Å²) >= 11 is 0. The van der Waals surface area contributed by atoms with Gasteiger partial charge in [-0.1, -0.05) is 37.5 Å². The van der Waals surface area contributed by atoms with Crippen molar-refractivity contribution >= 4 is 11.8 Å². The van der Waals surface area contributed by atoms with Crippen LogP contribution in [0.2, 0.25) is 0 Å². The van der Waals surface area contributed by atoms with Crippen molar-refractivity contribution in [2.24, 2.45) is 5.92 Å². The normalized spacial score (nSPS) is 21.0. The third-order valence-electron chi connectivity index (χ3n) is 5.09. The zero-order valence-electron chi connectivity index (χ0n) is 14.2. The number of benzene rings is 1. The lowest BCUT2D eigenvalue weighted by Gasteiger charge is -2.30. The lowest BCUT2D eigenvalue weighted by atomic mass is 9.80. The lowest BCUT2D eigenvalue weighted by Crippen LogP contribution is -2.48. The average molecular weight is 330 g/mol. The van der Waals surface area contributed by atoms with E-state index in [1.165, 1.54) is 13.3 Å². The fraction of sp³-hybridized carbons (Fsp3) is 0.579. The minimum Gasteiger partial charge on any atom is -0.493 e. The van der Waals surface area contributed by atoms with Crippen molar-refractivity contribution in [3.05, 3.63) is 29.8 Å². The van der Waals surface area contributed by atoms with E-state index in [0.717, 1.165) is 37.0 Å². The molecule has 1 aliphatic carbocycles. The molecule has 1 fully saturated rings. The Morgan fingerprint density at radius 1 is 1.25 bits per heavy atom. The van der Waals surface area contributed by atoms with Gasteiger partial charge in [-0.25, -0.2) is 0 Å². The molecule has 0 spiro atoms. The maximum Gasteiger partial charge on any atom is 0.242 e. The van der Waals surface area contributed by atoms with E-state index in [0.29, 0.717) is 19.1 Å². The van der Waals surface area contributed by atoms with Crippen molar-refractivity contribution in [1.82, 2.24) is 10.6 Å². The van der Waals surface area contributed by atoms with Crippen molar-refractivity contribution in [2.45, 2.75) is 51.0 Å². The van der Waals surface area contributed by atoms with Gasteiger partial charge < -0.3 is 15.4 Å². The molecular formula is C19H26N2O3. The first-order valence-corrected chi connectivity index (χ1v) is 8.90. The van der Waals surface area contributed by atoms with Gasteiger partial charge in [0.05, 0.1) is 6.61 Å². The largest absolute Gasteiger partial charge is 0.493 e. The maximum absolute atomic E-state index is 12.6. The highest BCUT2D eigenvalue weighted by Crippen LogP contribution is 2.33. The third-order valence-corrected chi connectivity index (χ3v) is 5.09. The number of carbonyl (C=O) groups excluding carboxylic acids is 2. The van der Waals surface area contributed by atoms with E-state index in [1.807, 2.05) is 18.2 Å². The fourth-order valence-corrected chi connectivity index (χ4v) is 3.51. The van der Waals surface area contributed by atoms with Crippen molar-refractivity contribution in [1.29, 1.82) is 0 Å². The number of ether oxygens (including phenoxy) is 1. The molecule has 0 bridgehead atoms. The molecule has 2 amide bonds. The number of para-hydroxylation sites is 1. The van der Waals surface area contributed by atoms with Gasteiger partial charge in [-0.3, -0.25) is 9.59 Å². The maximum atomic E-state index is 12.6. The Kier molecular flexibility index (Phi) is 5.38. The Balaban J connectivity index is 1.58. The van der Waals surface area contributed by atoms with Crippen LogP contribution in [0, 0.1) is 5.92 Å². The van der Waals surface area contributed by atoms with E-state index in [4.69, 9.17) is 4.74 Å². The molecule has 1 aromatic rings. The van der Waals surface area contributed by atoms with E-state index in [-0.39, 0.29) is 17.7 Å². The second-order valence-electron chi connectivity index (χ2n) is 6.90. The molecule has 1 aromatic carbocycles. The first-order valence-electron chi connectivity index (χ1n) is 8.90. The predicted octanol–water partition coefficient (Wildman–Crippen LogP) is 2.36. The quantitative estimate of drug-likeness (QED) is 0.841. The Bertz CT molecular complexity index is 598. The third kappa shape index (κ3) is 4.08. The molecule has 130 valence electrons. The van der Waals surface area contributed by atoms with Crippen LogP contribution in [0.15, 0.2) is 24.3 Å². The van der Waals surface area contributed by atoms with Gasteiger partial charge in [0.25, 0.3) is 0 Å². The van der Waals surface area contributed by atoms with Crippen LogP contribution < -0.4 is 15.4 Å². The van der Waals surface area contributed by atoms with E-state index in [9.17, 15) is 9.59 Å². The van der Waals surface area contributed by atoms with Crippen LogP contribution in [-0.2, 0) is 9.59 Å². The Labute approximate surface area is 143 Å². The molecule has 3 rings (SSSR count). The van der Waals surface area contributed by atoms with E-state index in [1.54, 1.807) is 0 Å². The number of hydrogen-bond donors (Lipinski definition) is 2. The number of rotatable bonds is 6. The second-order valence-corrected chi connectivity index (χ2v) is 6.90. The molecule has 5 heteroatoms. The summed E-state index contributed by atoms with van der Waals surface area (Å²) < 4.78 is 5.67. The highest BCUT2D eigenvalue weighted by atomic mass is 16.5. The van der Waals surface area contributed by atoms with Crippen LogP contribution in [0.3, 0.4) is 0 Å². The van der Waals surface area contributed by atoms with Crippen molar-refractivity contribution in [3.8, 4) is 5.75 Å². The smallest absolute Gasteiger partial charge is 0.242 e. The summed E-state index contributed by atoms with van der Waals surface area (Å²) in [4.78, 5) is 24.0. The minimum absolute atomic E-state index is 0.0685. The monoisotopic (exact) mass is 330 g/mol. The summed E-state index contributed by atoms with van der Waals surface area (Å²) in [6.07, 6.45) is 5.20. The average Bonchev–Trinajstić information content (AvgIpc) is 2.54. The zero-order chi connectivity index (χ0) is 16.9. The number of carbonyl (C=O) groups is 2. The van der Waals surface area contributed by atoms with Crippen molar-refractivity contribution in [3.63, 3.8) is 0 Å². The van der Waals surface area contributed by atoms with Crippen LogP contribution in [0.25, 0.3) is 0 Å². The Hall–Kier alpha value is -2.04. The van der Waals surface area contributed by atoms with Gasteiger partial charge in [-0.05, 0) is 30.4 Å². The summed E-state index contributed by atoms with van der Waals surface area (Å²) in [6.45, 7) is 2.73. The molecule has 2 aliphatic rings. The summed E-state index contributed by atoms with van der Waals surface area (Å²) in [7, 11) is 0. The molecule has 24 heavy (non-hydrogen) atoms. The van der Waals surface area contributed by atoms with Gasteiger partial charge in [0, 0.05) is 19.4 Å². The summed E-state index contributed by atoms with van der Waals surface area (Å²) in [6, 6.07) is 7.58. The molecule has 2 atom stereocenters. The SMILES string of the molecule is CC(=O)N[C@H](CC1CCC1)C(=O)NCC1CCOc2ccccc21. The lowest BCUT2D eigenvalue weighted by molar-refractivity contribution is -0.128. The van der Waals surface area contributed by atoms with Crippen LogP contribution in [-0.4, -0.2) is 31.0 Å². The first-order chi connectivity index (χ1) is 11.6. The standard InChI is InChI=1S/C19H26N2O3/c1-13(22)21-17(11-14-5-4-6-14)19(23)20-12-15-9-10-24-18-8-3-2-7-16(15)18/h2-3,7-8,14-15,17H,4-6,9-12H2,1H3,(H,20,23)(H,21,22)/t15?,17-/m1/s1. The van der Waals surface area contributed by atoms with Crippen LogP contribution in [0.4, 0.5) is 0 Å². The highest BCUT2D eigenvalue weighted by molar-refractivity contribution is 5.86.